The third-order valence-electron chi connectivity index (χ3n) is 3.23. The van der Waals surface area contributed by atoms with Gasteiger partial charge >= 0.3 is 0 Å². The van der Waals surface area contributed by atoms with Crippen molar-refractivity contribution in [1.29, 1.82) is 0 Å². The van der Waals surface area contributed by atoms with E-state index >= 15 is 0 Å². The Hall–Kier alpha value is -1.59. The van der Waals surface area contributed by atoms with Gasteiger partial charge in [0.1, 0.15) is 13.2 Å². The van der Waals surface area contributed by atoms with Gasteiger partial charge in [0, 0.05) is 10.7 Å². The summed E-state index contributed by atoms with van der Waals surface area (Å²) in [5, 5.41) is 3.29. The molecule has 1 N–H and O–H groups in total. The lowest BCUT2D eigenvalue weighted by Gasteiger charge is -2.22. The van der Waals surface area contributed by atoms with Crippen LogP contribution in [-0.4, -0.2) is 25.2 Å². The van der Waals surface area contributed by atoms with Crippen molar-refractivity contribution in [1.82, 2.24) is 10.3 Å². The van der Waals surface area contributed by atoms with Gasteiger partial charge in [-0.3, -0.25) is 4.98 Å². The molecule has 1 aliphatic heterocycles. The second kappa shape index (κ2) is 5.81. The molecule has 1 aromatic carbocycles. The van der Waals surface area contributed by atoms with Crippen LogP contribution in [0.25, 0.3) is 0 Å². The van der Waals surface area contributed by atoms with E-state index in [0.717, 1.165) is 27.2 Å². The van der Waals surface area contributed by atoms with E-state index in [4.69, 9.17) is 9.47 Å². The van der Waals surface area contributed by atoms with Crippen LogP contribution in [0.2, 0.25) is 0 Å². The Kier molecular flexibility index (Phi) is 3.89. The van der Waals surface area contributed by atoms with Crippen LogP contribution < -0.4 is 14.8 Å². The summed E-state index contributed by atoms with van der Waals surface area (Å²) in [6, 6.07) is 10.0. The van der Waals surface area contributed by atoms with E-state index in [2.05, 4.69) is 26.2 Å². The summed E-state index contributed by atoms with van der Waals surface area (Å²) in [6.07, 6.45) is 1.80. The third-order valence-corrected chi connectivity index (χ3v) is 3.70. The molecule has 5 heteroatoms. The fourth-order valence-corrected chi connectivity index (χ4v) is 2.52. The Balaban J connectivity index is 1.94. The average Bonchev–Trinajstić information content (AvgIpc) is 2.50. The van der Waals surface area contributed by atoms with Crippen LogP contribution in [0.3, 0.4) is 0 Å². The number of benzene rings is 1. The number of fused-ring (bicyclic) bond motifs is 1. The van der Waals surface area contributed by atoms with Crippen molar-refractivity contribution in [2.75, 3.05) is 20.3 Å². The summed E-state index contributed by atoms with van der Waals surface area (Å²) < 4.78 is 12.1. The Labute approximate surface area is 126 Å². The second-order valence-corrected chi connectivity index (χ2v) is 5.44. The first-order valence-electron chi connectivity index (χ1n) is 6.46. The summed E-state index contributed by atoms with van der Waals surface area (Å²) >= 11 is 3.40. The number of pyridine rings is 1. The molecular weight excluding hydrogens is 320 g/mol. The molecule has 0 saturated heterocycles. The molecule has 104 valence electrons. The van der Waals surface area contributed by atoms with Gasteiger partial charge in [-0.05, 0) is 52.8 Å². The first-order valence-corrected chi connectivity index (χ1v) is 7.25. The lowest BCUT2D eigenvalue weighted by molar-refractivity contribution is 0.171. The number of rotatable bonds is 3. The van der Waals surface area contributed by atoms with Gasteiger partial charge in [-0.1, -0.05) is 6.07 Å². The highest BCUT2D eigenvalue weighted by Crippen LogP contribution is 2.33. The van der Waals surface area contributed by atoms with Gasteiger partial charge in [0.2, 0.25) is 0 Å². The van der Waals surface area contributed by atoms with Gasteiger partial charge < -0.3 is 14.8 Å². The van der Waals surface area contributed by atoms with E-state index in [-0.39, 0.29) is 6.04 Å². The highest BCUT2D eigenvalue weighted by Gasteiger charge is 2.18. The highest BCUT2D eigenvalue weighted by molar-refractivity contribution is 9.10. The van der Waals surface area contributed by atoms with Crippen LogP contribution in [0, 0.1) is 0 Å². The molecular formula is C15H15BrN2O2. The topological polar surface area (TPSA) is 43.4 Å². The van der Waals surface area contributed by atoms with Crippen molar-refractivity contribution in [3.63, 3.8) is 0 Å². The number of aromatic nitrogens is 1. The molecule has 1 atom stereocenters. The van der Waals surface area contributed by atoms with E-state index in [1.165, 1.54) is 0 Å². The maximum absolute atomic E-state index is 5.63. The summed E-state index contributed by atoms with van der Waals surface area (Å²) in [5.41, 5.74) is 2.07. The number of hydrogen-bond donors (Lipinski definition) is 1. The van der Waals surface area contributed by atoms with Crippen molar-refractivity contribution in [2.45, 2.75) is 6.04 Å². The molecule has 2 aromatic rings. The van der Waals surface area contributed by atoms with Crippen LogP contribution >= 0.6 is 15.9 Å². The zero-order valence-electron chi connectivity index (χ0n) is 11.1. The van der Waals surface area contributed by atoms with Crippen molar-refractivity contribution in [3.05, 3.63) is 52.3 Å². The Morgan fingerprint density at radius 2 is 1.95 bits per heavy atom. The van der Waals surface area contributed by atoms with Crippen LogP contribution in [0.15, 0.2) is 41.0 Å². The third kappa shape index (κ3) is 2.64. The lowest BCUT2D eigenvalue weighted by Crippen LogP contribution is -2.20. The summed E-state index contributed by atoms with van der Waals surface area (Å²) in [5.74, 6) is 1.60. The van der Waals surface area contributed by atoms with Gasteiger partial charge in [0.05, 0.1) is 11.7 Å². The summed E-state index contributed by atoms with van der Waals surface area (Å²) in [6.45, 7) is 1.20. The molecule has 0 fully saturated rings. The first-order chi connectivity index (χ1) is 9.78. The van der Waals surface area contributed by atoms with E-state index in [9.17, 15) is 0 Å². The molecule has 0 radical (unpaired) electrons. The fourth-order valence-electron chi connectivity index (χ4n) is 2.28. The Morgan fingerprint density at radius 3 is 2.65 bits per heavy atom. The van der Waals surface area contributed by atoms with Crippen LogP contribution in [0.4, 0.5) is 0 Å². The SMILES string of the molecule is CNC(c1ccc2c(c1)OCCO2)c1ccc(Br)cn1. The van der Waals surface area contributed by atoms with Gasteiger partial charge in [-0.2, -0.15) is 0 Å². The number of hydrogen-bond acceptors (Lipinski definition) is 4. The minimum atomic E-state index is 0.0268. The first kappa shape index (κ1) is 13.4. The Morgan fingerprint density at radius 1 is 1.15 bits per heavy atom. The van der Waals surface area contributed by atoms with E-state index in [0.29, 0.717) is 13.2 Å². The van der Waals surface area contributed by atoms with E-state index < -0.39 is 0 Å². The van der Waals surface area contributed by atoms with Crippen molar-refractivity contribution >= 4 is 15.9 Å². The zero-order chi connectivity index (χ0) is 13.9. The lowest BCUT2D eigenvalue weighted by atomic mass is 10.0. The monoisotopic (exact) mass is 334 g/mol. The molecule has 3 rings (SSSR count). The molecule has 20 heavy (non-hydrogen) atoms. The zero-order valence-corrected chi connectivity index (χ0v) is 12.7. The number of nitrogens with zero attached hydrogens (tertiary/aromatic N) is 1. The molecule has 1 aliphatic rings. The Bertz CT molecular complexity index is 601. The molecule has 0 saturated carbocycles. The van der Waals surface area contributed by atoms with Crippen molar-refractivity contribution in [2.24, 2.45) is 0 Å². The second-order valence-electron chi connectivity index (χ2n) is 4.53. The van der Waals surface area contributed by atoms with E-state index in [1.54, 1.807) is 6.20 Å². The summed E-state index contributed by atoms with van der Waals surface area (Å²) in [7, 11) is 1.92. The molecule has 1 aromatic heterocycles. The smallest absolute Gasteiger partial charge is 0.161 e. The molecule has 4 nitrogen and oxygen atoms in total. The van der Waals surface area contributed by atoms with Gasteiger partial charge in [0.25, 0.3) is 0 Å². The van der Waals surface area contributed by atoms with Crippen LogP contribution in [-0.2, 0) is 0 Å². The van der Waals surface area contributed by atoms with Gasteiger partial charge in [-0.25, -0.2) is 0 Å². The predicted molar refractivity (Wildman–Crippen MR) is 80.3 cm³/mol. The minimum absolute atomic E-state index is 0.0268. The average molecular weight is 335 g/mol. The maximum atomic E-state index is 5.63. The maximum Gasteiger partial charge on any atom is 0.161 e. The van der Waals surface area contributed by atoms with Crippen LogP contribution in [0.1, 0.15) is 17.3 Å². The number of halogens is 1. The van der Waals surface area contributed by atoms with Crippen molar-refractivity contribution < 1.29 is 9.47 Å². The normalized spacial score (nSPS) is 14.9. The fraction of sp³-hybridized carbons (Fsp3) is 0.267. The molecule has 0 aliphatic carbocycles. The standard InChI is InChI=1S/C15H15BrN2O2/c1-17-15(12-4-3-11(16)9-18-12)10-2-5-13-14(8-10)20-7-6-19-13/h2-5,8-9,15,17H,6-7H2,1H3. The van der Waals surface area contributed by atoms with Gasteiger partial charge in [0.15, 0.2) is 11.5 Å². The predicted octanol–water partition coefficient (Wildman–Crippen LogP) is 2.92. The number of ether oxygens (including phenoxy) is 2. The van der Waals surface area contributed by atoms with E-state index in [1.807, 2.05) is 37.4 Å². The van der Waals surface area contributed by atoms with Crippen molar-refractivity contribution in [3.8, 4) is 11.5 Å². The summed E-state index contributed by atoms with van der Waals surface area (Å²) in [4.78, 5) is 4.46. The quantitative estimate of drug-likeness (QED) is 0.937. The molecule has 0 spiro atoms. The van der Waals surface area contributed by atoms with Crippen LogP contribution in [0.5, 0.6) is 11.5 Å². The van der Waals surface area contributed by atoms with Gasteiger partial charge in [-0.15, -0.1) is 0 Å². The molecule has 0 amide bonds. The largest absolute Gasteiger partial charge is 0.486 e. The molecule has 2 heterocycles. The minimum Gasteiger partial charge on any atom is -0.486 e. The number of nitrogens with one attached hydrogen (secondary N) is 1. The molecule has 0 bridgehead atoms. The highest BCUT2D eigenvalue weighted by atomic mass is 79.9. The molecule has 1 unspecified atom stereocenters.